The fourth-order valence-electron chi connectivity index (χ4n) is 7.13. The Balaban J connectivity index is 0.000000154. The Kier molecular flexibility index (Phi) is 10.4. The predicted molar refractivity (Wildman–Crippen MR) is 208 cm³/mol. The lowest BCUT2D eigenvalue weighted by Crippen LogP contribution is -2.50. The van der Waals surface area contributed by atoms with Crippen LogP contribution in [0, 0.1) is 37.5 Å². The molecule has 3 fully saturated rings. The summed E-state index contributed by atoms with van der Waals surface area (Å²) in [5.41, 5.74) is 3.24. The summed E-state index contributed by atoms with van der Waals surface area (Å²) in [4.78, 5) is 98.6. The molecule has 4 aliphatic heterocycles. The molecule has 14 nitrogen and oxygen atoms in total. The molecule has 14 heteroatoms. The molecule has 58 heavy (non-hydrogen) atoms. The lowest BCUT2D eigenvalue weighted by atomic mass is 9.59. The van der Waals surface area contributed by atoms with Gasteiger partial charge in [0.1, 0.15) is 23.0 Å². The molecule has 4 heterocycles. The zero-order valence-electron chi connectivity index (χ0n) is 31.7. The maximum absolute atomic E-state index is 12.9. The number of benzene rings is 4. The van der Waals surface area contributed by atoms with Gasteiger partial charge in [0, 0.05) is 38.4 Å². The normalized spacial score (nSPS) is 21.4. The third-order valence-electron chi connectivity index (χ3n) is 10.3. The van der Waals surface area contributed by atoms with Crippen molar-refractivity contribution in [3.8, 4) is 23.0 Å². The molecular weight excluding hydrogens is 745 g/mol. The van der Waals surface area contributed by atoms with E-state index in [1.165, 1.54) is 38.4 Å². The lowest BCUT2D eigenvalue weighted by molar-refractivity contribution is -0.146. The minimum absolute atomic E-state index is 0.241. The summed E-state index contributed by atoms with van der Waals surface area (Å²) in [6.07, 6.45) is 5.03. The van der Waals surface area contributed by atoms with E-state index >= 15 is 0 Å². The number of likely N-dealkylation sites (N-methyl/N-ethyl adjacent to an activating group) is 1. The summed E-state index contributed by atoms with van der Waals surface area (Å²) in [6, 6.07) is 28.8. The van der Waals surface area contributed by atoms with Crippen molar-refractivity contribution in [3.05, 3.63) is 132 Å². The van der Waals surface area contributed by atoms with Crippen molar-refractivity contribution in [2.45, 2.75) is 13.8 Å². The molecule has 4 unspecified atom stereocenters. The Morgan fingerprint density at radius 1 is 0.362 bits per heavy atom. The van der Waals surface area contributed by atoms with Gasteiger partial charge < -0.3 is 9.47 Å². The highest BCUT2D eigenvalue weighted by Gasteiger charge is 2.73. The van der Waals surface area contributed by atoms with Gasteiger partial charge in [0.05, 0.1) is 35.0 Å². The van der Waals surface area contributed by atoms with Crippen LogP contribution < -0.4 is 19.3 Å². The van der Waals surface area contributed by atoms with Gasteiger partial charge in [-0.15, -0.1) is 0 Å². The van der Waals surface area contributed by atoms with Crippen molar-refractivity contribution in [2.24, 2.45) is 23.7 Å². The van der Waals surface area contributed by atoms with Gasteiger partial charge in [0.2, 0.25) is 23.6 Å². The monoisotopic (exact) mass is 780 g/mol. The van der Waals surface area contributed by atoms with Crippen molar-refractivity contribution in [2.75, 3.05) is 23.9 Å². The van der Waals surface area contributed by atoms with Crippen molar-refractivity contribution in [1.29, 1.82) is 0 Å². The lowest BCUT2D eigenvalue weighted by Gasteiger charge is -2.36. The number of hydrogen-bond donors (Lipinski definition) is 0. The van der Waals surface area contributed by atoms with E-state index in [2.05, 4.69) is 0 Å². The van der Waals surface area contributed by atoms with E-state index in [9.17, 15) is 38.4 Å². The Hall–Kier alpha value is -7.48. The molecule has 8 amide bonds. The maximum atomic E-state index is 12.9. The van der Waals surface area contributed by atoms with E-state index < -0.39 is 35.5 Å². The highest BCUT2D eigenvalue weighted by Crippen LogP contribution is 2.56. The van der Waals surface area contributed by atoms with Crippen LogP contribution in [0.4, 0.5) is 11.4 Å². The summed E-state index contributed by atoms with van der Waals surface area (Å²) in [7, 11) is 2.85. The van der Waals surface area contributed by atoms with Gasteiger partial charge in [-0.1, -0.05) is 35.4 Å². The van der Waals surface area contributed by atoms with Crippen LogP contribution in [0.1, 0.15) is 11.1 Å². The number of nitrogens with zero attached hydrogens (tertiary/aromatic N) is 4. The first kappa shape index (κ1) is 38.8. The van der Waals surface area contributed by atoms with Crippen LogP contribution in [-0.4, -0.2) is 71.2 Å². The van der Waals surface area contributed by atoms with Crippen LogP contribution in [0.2, 0.25) is 0 Å². The molecule has 4 aromatic rings. The number of ether oxygens (including phenoxy) is 2. The minimum atomic E-state index is -0.739. The number of hydrogen-bond acceptors (Lipinski definition) is 10. The van der Waals surface area contributed by atoms with Gasteiger partial charge in [-0.3, -0.25) is 53.1 Å². The quantitative estimate of drug-likeness (QED) is 0.246. The number of carbonyl (C=O) groups excluding carboxylic acids is 8. The van der Waals surface area contributed by atoms with Gasteiger partial charge in [-0.2, -0.15) is 0 Å². The molecule has 0 bridgehead atoms. The summed E-state index contributed by atoms with van der Waals surface area (Å²) in [5, 5.41) is 0. The molecule has 0 aromatic heterocycles. The first-order chi connectivity index (χ1) is 27.7. The molecule has 2 saturated heterocycles. The predicted octanol–water partition coefficient (Wildman–Crippen LogP) is 4.90. The molecule has 4 aromatic carbocycles. The molecule has 0 N–H and O–H groups in total. The minimum Gasteiger partial charge on any atom is -0.457 e. The van der Waals surface area contributed by atoms with Crippen molar-refractivity contribution < 1.29 is 47.8 Å². The number of carbonyl (C=O) groups is 8. The zero-order valence-corrected chi connectivity index (χ0v) is 31.7. The number of anilines is 2. The van der Waals surface area contributed by atoms with E-state index in [0.717, 1.165) is 36.5 Å². The smallest absolute Gasteiger partial charge is 0.258 e. The topological polar surface area (TPSA) is 168 Å². The fraction of sp³-hybridized carbons (Fsp3) is 0.182. The summed E-state index contributed by atoms with van der Waals surface area (Å²) in [6.45, 7) is 4.00. The van der Waals surface area contributed by atoms with E-state index in [1.807, 2.05) is 62.4 Å². The second kappa shape index (κ2) is 15.6. The molecular formula is C44H36N4O10. The van der Waals surface area contributed by atoms with E-state index in [4.69, 9.17) is 9.47 Å². The van der Waals surface area contributed by atoms with Gasteiger partial charge in [0.15, 0.2) is 0 Å². The van der Waals surface area contributed by atoms with Gasteiger partial charge in [0.25, 0.3) is 23.6 Å². The number of aryl methyl sites for hydroxylation is 2. The summed E-state index contributed by atoms with van der Waals surface area (Å²) < 4.78 is 11.5. The fourth-order valence-corrected chi connectivity index (χ4v) is 7.13. The molecule has 0 spiro atoms. The van der Waals surface area contributed by atoms with Crippen LogP contribution in [0.15, 0.2) is 121 Å². The number of amides is 8. The number of rotatable bonds is 6. The maximum Gasteiger partial charge on any atom is 0.258 e. The largest absolute Gasteiger partial charge is 0.457 e. The number of fused-ring (bicyclic) bond motifs is 4. The average Bonchev–Trinajstić information content (AvgIpc) is 3.82. The van der Waals surface area contributed by atoms with E-state index in [1.54, 1.807) is 48.5 Å². The van der Waals surface area contributed by atoms with Crippen molar-refractivity contribution in [1.82, 2.24) is 9.80 Å². The first-order valence-electron chi connectivity index (χ1n) is 18.2. The van der Waals surface area contributed by atoms with Crippen LogP contribution in [-0.2, 0) is 38.4 Å². The molecule has 4 atom stereocenters. The van der Waals surface area contributed by atoms with Gasteiger partial charge in [-0.25, -0.2) is 4.90 Å². The van der Waals surface area contributed by atoms with Gasteiger partial charge in [-0.05, 0) is 86.6 Å². The molecule has 1 saturated carbocycles. The van der Waals surface area contributed by atoms with Crippen LogP contribution in [0.25, 0.3) is 0 Å². The Bertz CT molecular complexity index is 2350. The second-order valence-corrected chi connectivity index (χ2v) is 14.1. The van der Waals surface area contributed by atoms with E-state index in [0.29, 0.717) is 28.6 Å². The number of imide groups is 4. The van der Waals surface area contributed by atoms with Crippen molar-refractivity contribution in [3.63, 3.8) is 0 Å². The Labute approximate surface area is 332 Å². The molecule has 292 valence electrons. The molecule has 5 aliphatic rings. The standard InChI is InChI=1S/C22H18N2O5.C17H13NO3.C5H5NO2/c1-11-3-7-13(8-4-11)29-14-9-5-12(6-10-14)24-21(27)17-15-16(18(17)22(24)28)20(26)23(2)19(15)25;1-12-2-6-14(7-3-12)21-15-8-4-13(5-9-15)18-16(19)10-11-17(18)20;1-6-4(7)2-3-5(6)8/h3-10,15-18H,1-2H3;2-11H,1H3;2-3H,1H3. The van der Waals surface area contributed by atoms with Gasteiger partial charge >= 0.3 is 0 Å². The SMILES string of the molecule is CN1C(=O)C=CC1=O.Cc1ccc(Oc2ccc(N3C(=O)C4C5C(=O)N(C)C(=O)C5C4C3=O)cc2)cc1.Cc1ccc(Oc2ccc(N3C(=O)C=CC3=O)cc2)cc1. The molecule has 1 aliphatic carbocycles. The van der Waals surface area contributed by atoms with Crippen LogP contribution in [0.5, 0.6) is 23.0 Å². The van der Waals surface area contributed by atoms with Crippen LogP contribution in [0.3, 0.4) is 0 Å². The Morgan fingerprint density at radius 2 is 0.655 bits per heavy atom. The Morgan fingerprint density at radius 3 is 0.983 bits per heavy atom. The van der Waals surface area contributed by atoms with Crippen molar-refractivity contribution >= 4 is 58.6 Å². The number of likely N-dealkylation sites (tertiary alicyclic amines) is 1. The van der Waals surface area contributed by atoms with E-state index in [-0.39, 0.29) is 35.4 Å². The highest BCUT2D eigenvalue weighted by atomic mass is 16.5. The molecule has 0 radical (unpaired) electrons. The second-order valence-electron chi connectivity index (χ2n) is 14.1. The molecule has 9 rings (SSSR count). The third-order valence-corrected chi connectivity index (χ3v) is 10.3. The first-order valence-corrected chi connectivity index (χ1v) is 18.2. The summed E-state index contributed by atoms with van der Waals surface area (Å²) >= 11 is 0. The summed E-state index contributed by atoms with van der Waals surface area (Å²) in [5.74, 6) is -2.94. The third kappa shape index (κ3) is 7.30. The zero-order chi connectivity index (χ0) is 41.4. The average molecular weight is 781 g/mol. The highest BCUT2D eigenvalue weighted by molar-refractivity contribution is 6.28. The van der Waals surface area contributed by atoms with Crippen LogP contribution >= 0.6 is 0 Å².